The summed E-state index contributed by atoms with van der Waals surface area (Å²) in [4.78, 5) is 9.83. The van der Waals surface area contributed by atoms with Gasteiger partial charge in [-0.05, 0) is 22.0 Å². The van der Waals surface area contributed by atoms with Crippen LogP contribution in [0, 0.1) is 5.82 Å². The van der Waals surface area contributed by atoms with Gasteiger partial charge in [0, 0.05) is 16.7 Å². The molecule has 18 heavy (non-hydrogen) atoms. The number of carbonyl (C=O) groups excluding carboxylic acids is 1. The van der Waals surface area contributed by atoms with Crippen molar-refractivity contribution in [2.45, 2.75) is 11.3 Å². The van der Waals surface area contributed by atoms with Gasteiger partial charge in [-0.2, -0.15) is 0 Å². The van der Waals surface area contributed by atoms with Gasteiger partial charge < -0.3 is 10.5 Å². The molecule has 0 atom stereocenters. The second-order valence-electron chi connectivity index (χ2n) is 3.22. The number of amides is 1. The van der Waals surface area contributed by atoms with Crippen LogP contribution in [0.4, 0.5) is 4.39 Å². The van der Waals surface area contributed by atoms with Crippen molar-refractivity contribution < 1.29 is 22.3 Å². The molecule has 100 valence electrons. The van der Waals surface area contributed by atoms with Gasteiger partial charge in [0.25, 0.3) is 9.05 Å². The lowest BCUT2D eigenvalue weighted by Crippen LogP contribution is -2.14. The summed E-state index contributed by atoms with van der Waals surface area (Å²) < 4.78 is 40.8. The number of carbonyl (C=O) groups is 1. The van der Waals surface area contributed by atoms with E-state index < -0.39 is 25.7 Å². The van der Waals surface area contributed by atoms with Crippen molar-refractivity contribution in [2.24, 2.45) is 5.73 Å². The normalized spacial score (nSPS) is 11.3. The first-order valence-corrected chi connectivity index (χ1v) is 7.67. The Morgan fingerprint density at radius 2 is 2.11 bits per heavy atom. The standard InChI is InChI=1S/C9H8BrClFNO4S/c10-5-3-8(18(11,15)16)6(12)4-7(5)17-2-1-9(13)14/h3-4H,1-2H2,(H2,13,14). The summed E-state index contributed by atoms with van der Waals surface area (Å²) in [5.41, 5.74) is 4.90. The van der Waals surface area contributed by atoms with E-state index >= 15 is 0 Å². The van der Waals surface area contributed by atoms with Crippen LogP contribution < -0.4 is 10.5 Å². The van der Waals surface area contributed by atoms with E-state index in [0.29, 0.717) is 0 Å². The van der Waals surface area contributed by atoms with E-state index in [4.69, 9.17) is 21.2 Å². The van der Waals surface area contributed by atoms with Crippen LogP contribution in [-0.2, 0) is 13.8 Å². The number of benzene rings is 1. The van der Waals surface area contributed by atoms with Gasteiger partial charge >= 0.3 is 0 Å². The molecule has 0 bridgehead atoms. The minimum absolute atomic E-state index is 0.0381. The molecule has 1 aromatic carbocycles. The molecule has 0 heterocycles. The largest absolute Gasteiger partial charge is 0.492 e. The smallest absolute Gasteiger partial charge is 0.264 e. The molecule has 0 aromatic heterocycles. The summed E-state index contributed by atoms with van der Waals surface area (Å²) in [6, 6.07) is 1.84. The Bertz CT molecular complexity index is 578. The number of rotatable bonds is 5. The minimum Gasteiger partial charge on any atom is -0.492 e. The predicted octanol–water partition coefficient (Wildman–Crippen LogP) is 1.77. The van der Waals surface area contributed by atoms with Crippen molar-refractivity contribution in [1.82, 2.24) is 0 Å². The molecule has 0 fully saturated rings. The summed E-state index contributed by atoms with van der Waals surface area (Å²) in [5, 5.41) is 0. The first-order chi connectivity index (χ1) is 8.21. The van der Waals surface area contributed by atoms with Gasteiger partial charge in [0.2, 0.25) is 5.91 Å². The second kappa shape index (κ2) is 5.85. The van der Waals surface area contributed by atoms with E-state index in [0.717, 1.165) is 12.1 Å². The Labute approximate surface area is 116 Å². The summed E-state index contributed by atoms with van der Waals surface area (Å²) in [7, 11) is 0.874. The highest BCUT2D eigenvalue weighted by atomic mass is 79.9. The Morgan fingerprint density at radius 1 is 1.50 bits per heavy atom. The first-order valence-electron chi connectivity index (χ1n) is 4.56. The van der Waals surface area contributed by atoms with Crippen LogP contribution in [0.3, 0.4) is 0 Å². The van der Waals surface area contributed by atoms with Gasteiger partial charge in [-0.3, -0.25) is 4.79 Å². The highest BCUT2D eigenvalue weighted by Crippen LogP contribution is 2.31. The zero-order valence-corrected chi connectivity index (χ0v) is 12.0. The van der Waals surface area contributed by atoms with Gasteiger partial charge in [0.15, 0.2) is 0 Å². The van der Waals surface area contributed by atoms with E-state index in [1.165, 1.54) is 0 Å². The van der Waals surface area contributed by atoms with E-state index in [1.54, 1.807) is 0 Å². The average Bonchev–Trinajstić information content (AvgIpc) is 2.20. The molecule has 1 amide bonds. The first kappa shape index (κ1) is 15.2. The van der Waals surface area contributed by atoms with E-state index in [-0.39, 0.29) is 23.2 Å². The molecular formula is C9H8BrClFNO4S. The molecule has 0 spiro atoms. The Kier molecular flexibility index (Phi) is 4.94. The third-order valence-corrected chi connectivity index (χ3v) is 3.81. The van der Waals surface area contributed by atoms with Crippen LogP contribution in [0.2, 0.25) is 0 Å². The fourth-order valence-electron chi connectivity index (χ4n) is 1.07. The van der Waals surface area contributed by atoms with Gasteiger partial charge in [-0.15, -0.1) is 0 Å². The molecule has 0 saturated heterocycles. The third-order valence-electron chi connectivity index (χ3n) is 1.86. The SMILES string of the molecule is NC(=O)CCOc1cc(F)c(S(=O)(=O)Cl)cc1Br. The molecule has 2 N–H and O–H groups in total. The lowest BCUT2D eigenvalue weighted by molar-refractivity contribution is -0.118. The number of hydrogen-bond donors (Lipinski definition) is 1. The maximum atomic E-state index is 13.5. The number of ether oxygens (including phenoxy) is 1. The number of nitrogens with two attached hydrogens (primary N) is 1. The van der Waals surface area contributed by atoms with Gasteiger partial charge in [-0.1, -0.05) is 0 Å². The zero-order chi connectivity index (χ0) is 13.9. The fourth-order valence-corrected chi connectivity index (χ4v) is 2.58. The van der Waals surface area contributed by atoms with Crippen molar-refractivity contribution in [1.29, 1.82) is 0 Å². The molecule has 0 radical (unpaired) electrons. The molecule has 9 heteroatoms. The van der Waals surface area contributed by atoms with Crippen LogP contribution in [0.15, 0.2) is 21.5 Å². The molecule has 0 aliphatic carbocycles. The van der Waals surface area contributed by atoms with Gasteiger partial charge in [0.05, 0.1) is 17.5 Å². The average molecular weight is 361 g/mol. The number of primary amides is 1. The quantitative estimate of drug-likeness (QED) is 0.811. The van der Waals surface area contributed by atoms with Crippen molar-refractivity contribution in [2.75, 3.05) is 6.61 Å². The topological polar surface area (TPSA) is 86.5 Å². The van der Waals surface area contributed by atoms with Crippen LogP contribution >= 0.6 is 26.6 Å². The van der Waals surface area contributed by atoms with Gasteiger partial charge in [-0.25, -0.2) is 12.8 Å². The van der Waals surface area contributed by atoms with E-state index in [1.807, 2.05) is 0 Å². The maximum absolute atomic E-state index is 13.5. The van der Waals surface area contributed by atoms with Crippen molar-refractivity contribution in [3.8, 4) is 5.75 Å². The predicted molar refractivity (Wildman–Crippen MR) is 66.4 cm³/mol. The molecule has 1 aromatic rings. The van der Waals surface area contributed by atoms with Crippen LogP contribution in [0.5, 0.6) is 5.75 Å². The Hall–Kier alpha value is -0.860. The van der Waals surface area contributed by atoms with Crippen LogP contribution in [-0.4, -0.2) is 20.9 Å². The third kappa shape index (κ3) is 4.11. The highest BCUT2D eigenvalue weighted by molar-refractivity contribution is 9.10. The Balaban J connectivity index is 2.97. The lowest BCUT2D eigenvalue weighted by atomic mass is 10.3. The summed E-state index contributed by atoms with van der Waals surface area (Å²) in [6.45, 7) is -0.0413. The molecule has 0 saturated carbocycles. The summed E-state index contributed by atoms with van der Waals surface area (Å²) in [5.74, 6) is -1.55. The van der Waals surface area contributed by atoms with Crippen molar-refractivity contribution in [3.63, 3.8) is 0 Å². The molecule has 1 rings (SSSR count). The maximum Gasteiger partial charge on any atom is 0.264 e. The Morgan fingerprint density at radius 3 is 2.61 bits per heavy atom. The van der Waals surface area contributed by atoms with E-state index in [9.17, 15) is 17.6 Å². The van der Waals surface area contributed by atoms with Crippen LogP contribution in [0.25, 0.3) is 0 Å². The zero-order valence-electron chi connectivity index (χ0n) is 8.82. The molecular weight excluding hydrogens is 353 g/mol. The lowest BCUT2D eigenvalue weighted by Gasteiger charge is -2.09. The molecule has 0 unspecified atom stereocenters. The summed E-state index contributed by atoms with van der Waals surface area (Å²) in [6.07, 6.45) is -0.0381. The number of halogens is 3. The van der Waals surface area contributed by atoms with E-state index in [2.05, 4.69) is 15.9 Å². The van der Waals surface area contributed by atoms with Crippen molar-refractivity contribution in [3.05, 3.63) is 22.4 Å². The van der Waals surface area contributed by atoms with Gasteiger partial charge in [0.1, 0.15) is 16.5 Å². The fraction of sp³-hybridized carbons (Fsp3) is 0.222. The van der Waals surface area contributed by atoms with Crippen LogP contribution in [0.1, 0.15) is 6.42 Å². The highest BCUT2D eigenvalue weighted by Gasteiger charge is 2.19. The molecule has 0 aliphatic rings. The second-order valence-corrected chi connectivity index (χ2v) is 6.60. The molecule has 5 nitrogen and oxygen atoms in total. The number of hydrogen-bond acceptors (Lipinski definition) is 4. The minimum atomic E-state index is -4.17. The molecule has 0 aliphatic heterocycles. The van der Waals surface area contributed by atoms with Crippen molar-refractivity contribution >= 4 is 41.6 Å². The monoisotopic (exact) mass is 359 g/mol. The summed E-state index contributed by atoms with van der Waals surface area (Å²) >= 11 is 3.01.